The Hall–Kier alpha value is -1.25. The van der Waals surface area contributed by atoms with Gasteiger partial charge >= 0.3 is 0 Å². The highest BCUT2D eigenvalue weighted by Gasteiger charge is 2.02. The van der Waals surface area contributed by atoms with E-state index in [-0.39, 0.29) is 5.56 Å². The maximum absolute atomic E-state index is 11.3. The van der Waals surface area contributed by atoms with Crippen molar-refractivity contribution in [1.82, 2.24) is 4.57 Å². The number of ether oxygens (including phenoxy) is 1. The molecule has 1 aromatic rings. The molecule has 0 atom stereocenters. The molecule has 0 saturated heterocycles. The minimum Gasteiger partial charge on any atom is -0.491 e. The van der Waals surface area contributed by atoms with Crippen LogP contribution in [-0.4, -0.2) is 11.7 Å². The Kier molecular flexibility index (Phi) is 2.53. The number of rotatable bonds is 2. The predicted molar refractivity (Wildman–Crippen MR) is 47.6 cm³/mol. The lowest BCUT2D eigenvalue weighted by atomic mass is 10.2. The molecular weight excluding hydrogens is 154 g/mol. The molecule has 1 rings (SSSR count). The second-order valence-electron chi connectivity index (χ2n) is 2.69. The molecule has 0 aliphatic carbocycles. The van der Waals surface area contributed by atoms with Crippen LogP contribution in [0.2, 0.25) is 0 Å². The van der Waals surface area contributed by atoms with Gasteiger partial charge in [-0.15, -0.1) is 0 Å². The van der Waals surface area contributed by atoms with Gasteiger partial charge in [0.15, 0.2) is 5.75 Å². The zero-order chi connectivity index (χ0) is 9.14. The molecule has 12 heavy (non-hydrogen) atoms. The van der Waals surface area contributed by atoms with Crippen molar-refractivity contribution in [2.24, 2.45) is 7.05 Å². The number of hydrogen-bond acceptors (Lipinski definition) is 2. The van der Waals surface area contributed by atoms with Crippen LogP contribution in [0.3, 0.4) is 0 Å². The van der Waals surface area contributed by atoms with Gasteiger partial charge in [-0.3, -0.25) is 4.79 Å². The lowest BCUT2D eigenvalue weighted by molar-refractivity contribution is 0.404. The van der Waals surface area contributed by atoms with Crippen molar-refractivity contribution >= 4 is 0 Å². The van der Waals surface area contributed by atoms with E-state index in [2.05, 4.69) is 0 Å². The maximum Gasteiger partial charge on any atom is 0.292 e. The molecule has 0 spiro atoms. The number of aromatic nitrogens is 1. The highest BCUT2D eigenvalue weighted by atomic mass is 16.5. The Bertz CT molecular complexity index is 328. The first-order valence-corrected chi connectivity index (χ1v) is 3.92. The van der Waals surface area contributed by atoms with E-state index in [1.807, 2.05) is 13.1 Å². The van der Waals surface area contributed by atoms with Crippen LogP contribution in [0.5, 0.6) is 5.75 Å². The van der Waals surface area contributed by atoms with Gasteiger partial charge in [0, 0.05) is 13.2 Å². The van der Waals surface area contributed by atoms with E-state index in [1.54, 1.807) is 13.1 Å². The Morgan fingerprint density at radius 3 is 2.75 bits per heavy atom. The summed E-state index contributed by atoms with van der Waals surface area (Å²) in [6.07, 6.45) is 2.73. The van der Waals surface area contributed by atoms with Gasteiger partial charge in [0.25, 0.3) is 5.56 Å². The van der Waals surface area contributed by atoms with Gasteiger partial charge in [-0.05, 0) is 18.1 Å². The maximum atomic E-state index is 11.3. The molecule has 0 aliphatic heterocycles. The molecule has 0 aromatic carbocycles. The summed E-state index contributed by atoms with van der Waals surface area (Å²) in [4.78, 5) is 11.3. The summed E-state index contributed by atoms with van der Waals surface area (Å²) in [6.45, 7) is 2.04. The van der Waals surface area contributed by atoms with Crippen LogP contribution in [0.15, 0.2) is 17.1 Å². The van der Waals surface area contributed by atoms with Crippen molar-refractivity contribution in [2.75, 3.05) is 7.11 Å². The first-order valence-electron chi connectivity index (χ1n) is 3.92. The molecule has 0 amide bonds. The summed E-state index contributed by atoms with van der Waals surface area (Å²) in [6, 6.07) is 1.78. The standard InChI is InChI=1S/C9H13NO2/c1-4-7-5-8(12-3)9(11)10(2)6-7/h5-6H,4H2,1-3H3. The molecule has 1 aromatic heterocycles. The van der Waals surface area contributed by atoms with Crippen molar-refractivity contribution in [2.45, 2.75) is 13.3 Å². The highest BCUT2D eigenvalue weighted by Crippen LogP contribution is 2.06. The van der Waals surface area contributed by atoms with Crippen molar-refractivity contribution in [1.29, 1.82) is 0 Å². The lowest BCUT2D eigenvalue weighted by Crippen LogP contribution is -2.18. The molecule has 0 bridgehead atoms. The van der Waals surface area contributed by atoms with E-state index < -0.39 is 0 Å². The Labute approximate surface area is 71.6 Å². The molecular formula is C9H13NO2. The lowest BCUT2D eigenvalue weighted by Gasteiger charge is -2.04. The third-order valence-corrected chi connectivity index (χ3v) is 1.84. The van der Waals surface area contributed by atoms with Gasteiger partial charge in [0.05, 0.1) is 7.11 Å². The number of pyridine rings is 1. The van der Waals surface area contributed by atoms with Crippen molar-refractivity contribution in [3.05, 3.63) is 28.2 Å². The first kappa shape index (κ1) is 8.84. The summed E-state index contributed by atoms with van der Waals surface area (Å²) < 4.78 is 6.47. The van der Waals surface area contributed by atoms with Crippen LogP contribution in [0.25, 0.3) is 0 Å². The number of nitrogens with zero attached hydrogens (tertiary/aromatic N) is 1. The van der Waals surface area contributed by atoms with Crippen LogP contribution < -0.4 is 10.3 Å². The van der Waals surface area contributed by atoms with Gasteiger partial charge in [-0.1, -0.05) is 6.92 Å². The fourth-order valence-corrected chi connectivity index (χ4v) is 1.09. The third kappa shape index (κ3) is 1.49. The molecule has 1 heterocycles. The second-order valence-corrected chi connectivity index (χ2v) is 2.69. The van der Waals surface area contributed by atoms with Crippen molar-refractivity contribution < 1.29 is 4.74 Å². The SMILES string of the molecule is CCc1cc(OC)c(=O)n(C)c1. The summed E-state index contributed by atoms with van der Waals surface area (Å²) in [7, 11) is 3.24. The molecule has 3 nitrogen and oxygen atoms in total. The summed E-state index contributed by atoms with van der Waals surface area (Å²) >= 11 is 0. The first-order chi connectivity index (χ1) is 5.69. The topological polar surface area (TPSA) is 31.2 Å². The van der Waals surface area contributed by atoms with Crippen LogP contribution in [0.4, 0.5) is 0 Å². The average molecular weight is 167 g/mol. The predicted octanol–water partition coefficient (Wildman–Crippen LogP) is 0.956. The normalized spacial score (nSPS) is 9.92. The zero-order valence-corrected chi connectivity index (χ0v) is 7.63. The van der Waals surface area contributed by atoms with Crippen LogP contribution >= 0.6 is 0 Å². The van der Waals surface area contributed by atoms with E-state index in [4.69, 9.17) is 4.74 Å². The quantitative estimate of drug-likeness (QED) is 0.656. The van der Waals surface area contributed by atoms with Crippen molar-refractivity contribution in [3.8, 4) is 5.75 Å². The summed E-state index contributed by atoms with van der Waals surface area (Å²) in [5.41, 5.74) is 1.02. The van der Waals surface area contributed by atoms with Crippen LogP contribution in [0, 0.1) is 0 Å². The number of hydrogen-bond donors (Lipinski definition) is 0. The average Bonchev–Trinajstić information content (AvgIpc) is 2.09. The molecule has 3 heteroatoms. The largest absolute Gasteiger partial charge is 0.491 e. The molecule has 0 aliphatic rings. The number of methoxy groups -OCH3 is 1. The van der Waals surface area contributed by atoms with E-state index >= 15 is 0 Å². The zero-order valence-electron chi connectivity index (χ0n) is 7.63. The second kappa shape index (κ2) is 3.43. The minimum absolute atomic E-state index is 0.0882. The molecule has 0 N–H and O–H groups in total. The van der Waals surface area contributed by atoms with Gasteiger partial charge in [-0.25, -0.2) is 0 Å². The summed E-state index contributed by atoms with van der Waals surface area (Å²) in [5.74, 6) is 0.414. The number of aryl methyl sites for hydroxylation is 2. The Morgan fingerprint density at radius 2 is 2.25 bits per heavy atom. The van der Waals surface area contributed by atoms with Gasteiger partial charge in [0.1, 0.15) is 0 Å². The summed E-state index contributed by atoms with van der Waals surface area (Å²) in [5, 5.41) is 0. The van der Waals surface area contributed by atoms with Crippen LogP contribution in [-0.2, 0) is 13.5 Å². The monoisotopic (exact) mass is 167 g/mol. The van der Waals surface area contributed by atoms with E-state index in [0.29, 0.717) is 5.75 Å². The molecule has 0 saturated carbocycles. The smallest absolute Gasteiger partial charge is 0.292 e. The fourth-order valence-electron chi connectivity index (χ4n) is 1.09. The highest BCUT2D eigenvalue weighted by molar-refractivity contribution is 5.24. The Morgan fingerprint density at radius 1 is 1.58 bits per heavy atom. The minimum atomic E-state index is -0.0882. The van der Waals surface area contributed by atoms with Crippen molar-refractivity contribution in [3.63, 3.8) is 0 Å². The van der Waals surface area contributed by atoms with Crippen LogP contribution in [0.1, 0.15) is 12.5 Å². The molecule has 0 unspecified atom stereocenters. The molecule has 0 fully saturated rings. The van der Waals surface area contributed by atoms with Gasteiger partial charge in [0.2, 0.25) is 0 Å². The molecule has 0 radical (unpaired) electrons. The van der Waals surface area contributed by atoms with E-state index in [0.717, 1.165) is 12.0 Å². The van der Waals surface area contributed by atoms with E-state index in [9.17, 15) is 4.79 Å². The Balaban J connectivity index is 3.29. The van der Waals surface area contributed by atoms with E-state index in [1.165, 1.54) is 11.7 Å². The molecule has 66 valence electrons. The third-order valence-electron chi connectivity index (χ3n) is 1.84. The fraction of sp³-hybridized carbons (Fsp3) is 0.444. The van der Waals surface area contributed by atoms with Gasteiger partial charge < -0.3 is 9.30 Å². The van der Waals surface area contributed by atoms with Gasteiger partial charge in [-0.2, -0.15) is 0 Å².